The fourth-order valence-corrected chi connectivity index (χ4v) is 2.23. The molecule has 2 aromatic carbocycles. The SMILES string of the molecule is O=C(COc1ccc(C(F)(F)F)cc1)Nc1ccc2cccnc2c1. The van der Waals surface area contributed by atoms with Crippen molar-refractivity contribution in [3.63, 3.8) is 0 Å². The molecule has 1 amide bonds. The standard InChI is InChI=1S/C18H13F3N2O2/c19-18(20,21)13-4-7-15(8-5-13)25-11-17(24)23-14-6-3-12-2-1-9-22-16(12)10-14/h1-10H,11H2,(H,23,24). The lowest BCUT2D eigenvalue weighted by Crippen LogP contribution is -2.20. The van der Waals surface area contributed by atoms with E-state index in [1.807, 2.05) is 18.2 Å². The van der Waals surface area contributed by atoms with E-state index in [4.69, 9.17) is 4.74 Å². The second-order valence-corrected chi connectivity index (χ2v) is 5.27. The number of anilines is 1. The summed E-state index contributed by atoms with van der Waals surface area (Å²) in [6.07, 6.45) is -2.75. The summed E-state index contributed by atoms with van der Waals surface area (Å²) in [5, 5.41) is 3.60. The number of fused-ring (bicyclic) bond motifs is 1. The van der Waals surface area contributed by atoms with E-state index in [1.165, 1.54) is 12.1 Å². The molecule has 0 spiro atoms. The van der Waals surface area contributed by atoms with Gasteiger partial charge < -0.3 is 10.1 Å². The lowest BCUT2D eigenvalue weighted by molar-refractivity contribution is -0.137. The summed E-state index contributed by atoms with van der Waals surface area (Å²) in [6, 6.07) is 13.2. The zero-order valence-electron chi connectivity index (χ0n) is 12.9. The molecular weight excluding hydrogens is 333 g/mol. The molecular formula is C18H13F3N2O2. The van der Waals surface area contributed by atoms with Crippen molar-refractivity contribution in [2.24, 2.45) is 0 Å². The van der Waals surface area contributed by atoms with Crippen LogP contribution in [-0.4, -0.2) is 17.5 Å². The van der Waals surface area contributed by atoms with Gasteiger partial charge >= 0.3 is 6.18 Å². The summed E-state index contributed by atoms with van der Waals surface area (Å²) in [6.45, 7) is -0.314. The molecule has 25 heavy (non-hydrogen) atoms. The zero-order valence-corrected chi connectivity index (χ0v) is 12.9. The first-order valence-corrected chi connectivity index (χ1v) is 7.36. The molecule has 3 rings (SSSR count). The summed E-state index contributed by atoms with van der Waals surface area (Å²) < 4.78 is 42.6. The van der Waals surface area contributed by atoms with Crippen molar-refractivity contribution in [2.75, 3.05) is 11.9 Å². The molecule has 0 radical (unpaired) electrons. The van der Waals surface area contributed by atoms with Gasteiger partial charge in [-0.05, 0) is 42.5 Å². The van der Waals surface area contributed by atoms with Crippen LogP contribution >= 0.6 is 0 Å². The van der Waals surface area contributed by atoms with Crippen LogP contribution in [0.1, 0.15) is 5.56 Å². The molecule has 1 N–H and O–H groups in total. The second-order valence-electron chi connectivity index (χ2n) is 5.27. The molecule has 4 nitrogen and oxygen atoms in total. The Morgan fingerprint density at radius 3 is 2.56 bits per heavy atom. The van der Waals surface area contributed by atoms with Crippen molar-refractivity contribution in [1.29, 1.82) is 0 Å². The highest BCUT2D eigenvalue weighted by Crippen LogP contribution is 2.30. The molecule has 1 heterocycles. The molecule has 0 unspecified atom stereocenters. The summed E-state index contributed by atoms with van der Waals surface area (Å²) in [4.78, 5) is 16.1. The van der Waals surface area contributed by atoms with Crippen LogP contribution < -0.4 is 10.1 Å². The predicted molar refractivity (Wildman–Crippen MR) is 87.3 cm³/mol. The number of nitrogens with zero attached hydrogens (tertiary/aromatic N) is 1. The molecule has 128 valence electrons. The van der Waals surface area contributed by atoms with Crippen molar-refractivity contribution in [3.8, 4) is 5.75 Å². The van der Waals surface area contributed by atoms with Gasteiger partial charge in [0.15, 0.2) is 6.61 Å². The largest absolute Gasteiger partial charge is 0.484 e. The highest BCUT2D eigenvalue weighted by Gasteiger charge is 2.30. The highest BCUT2D eigenvalue weighted by molar-refractivity contribution is 5.94. The Bertz CT molecular complexity index is 893. The Morgan fingerprint density at radius 2 is 1.84 bits per heavy atom. The number of benzene rings is 2. The smallest absolute Gasteiger partial charge is 0.416 e. The quantitative estimate of drug-likeness (QED) is 0.767. The molecule has 1 aromatic heterocycles. The van der Waals surface area contributed by atoms with E-state index in [-0.39, 0.29) is 12.4 Å². The van der Waals surface area contributed by atoms with Gasteiger partial charge in [0.25, 0.3) is 5.91 Å². The summed E-state index contributed by atoms with van der Waals surface area (Å²) >= 11 is 0. The normalized spacial score (nSPS) is 11.3. The maximum Gasteiger partial charge on any atom is 0.416 e. The van der Waals surface area contributed by atoms with Gasteiger partial charge in [0.05, 0.1) is 11.1 Å². The Kier molecular flexibility index (Phi) is 4.56. The van der Waals surface area contributed by atoms with E-state index in [1.54, 1.807) is 18.3 Å². The molecule has 0 bridgehead atoms. The van der Waals surface area contributed by atoms with Crippen LogP contribution in [-0.2, 0) is 11.0 Å². The van der Waals surface area contributed by atoms with Gasteiger partial charge in [-0.15, -0.1) is 0 Å². The Labute approximate surface area is 141 Å². The monoisotopic (exact) mass is 346 g/mol. The van der Waals surface area contributed by atoms with E-state index in [2.05, 4.69) is 10.3 Å². The molecule has 0 aliphatic rings. The first-order valence-electron chi connectivity index (χ1n) is 7.36. The van der Waals surface area contributed by atoms with Gasteiger partial charge in [-0.1, -0.05) is 12.1 Å². The zero-order chi connectivity index (χ0) is 17.9. The second kappa shape index (κ2) is 6.80. The van der Waals surface area contributed by atoms with Gasteiger partial charge in [0, 0.05) is 17.3 Å². The maximum atomic E-state index is 12.5. The van der Waals surface area contributed by atoms with Gasteiger partial charge in [-0.3, -0.25) is 9.78 Å². The van der Waals surface area contributed by atoms with Crippen LogP contribution in [0.5, 0.6) is 5.75 Å². The van der Waals surface area contributed by atoms with Crippen LogP contribution in [0, 0.1) is 0 Å². The number of pyridine rings is 1. The molecule has 3 aromatic rings. The summed E-state index contributed by atoms with van der Waals surface area (Å²) in [5.41, 5.74) is 0.532. The van der Waals surface area contributed by atoms with Crippen LogP contribution in [0.15, 0.2) is 60.8 Å². The number of amides is 1. The van der Waals surface area contributed by atoms with Crippen molar-refractivity contribution in [1.82, 2.24) is 4.98 Å². The highest BCUT2D eigenvalue weighted by atomic mass is 19.4. The Morgan fingerprint density at radius 1 is 1.08 bits per heavy atom. The van der Waals surface area contributed by atoms with Crippen molar-refractivity contribution in [2.45, 2.75) is 6.18 Å². The Hall–Kier alpha value is -3.09. The fourth-order valence-electron chi connectivity index (χ4n) is 2.23. The maximum absolute atomic E-state index is 12.5. The topological polar surface area (TPSA) is 51.2 Å². The van der Waals surface area contributed by atoms with E-state index < -0.39 is 17.6 Å². The number of alkyl halides is 3. The fraction of sp³-hybridized carbons (Fsp3) is 0.111. The van der Waals surface area contributed by atoms with Crippen LogP contribution in [0.4, 0.5) is 18.9 Å². The summed E-state index contributed by atoms with van der Waals surface area (Å²) in [7, 11) is 0. The average Bonchev–Trinajstić information content (AvgIpc) is 2.59. The third-order valence-electron chi connectivity index (χ3n) is 3.44. The van der Waals surface area contributed by atoms with Crippen molar-refractivity contribution < 1.29 is 22.7 Å². The number of aromatic nitrogens is 1. The van der Waals surface area contributed by atoms with E-state index in [9.17, 15) is 18.0 Å². The van der Waals surface area contributed by atoms with E-state index in [0.29, 0.717) is 5.69 Å². The third kappa shape index (κ3) is 4.26. The van der Waals surface area contributed by atoms with E-state index in [0.717, 1.165) is 23.0 Å². The number of hydrogen-bond donors (Lipinski definition) is 1. The lowest BCUT2D eigenvalue weighted by atomic mass is 10.2. The third-order valence-corrected chi connectivity index (χ3v) is 3.44. The van der Waals surface area contributed by atoms with Crippen LogP contribution in [0.2, 0.25) is 0 Å². The summed E-state index contributed by atoms with van der Waals surface area (Å²) in [5.74, 6) is -0.237. The van der Waals surface area contributed by atoms with Crippen LogP contribution in [0.3, 0.4) is 0 Å². The number of rotatable bonds is 4. The number of halogens is 3. The number of carbonyl (C=O) groups is 1. The minimum atomic E-state index is -4.40. The van der Waals surface area contributed by atoms with Gasteiger partial charge in [-0.25, -0.2) is 0 Å². The van der Waals surface area contributed by atoms with Gasteiger partial charge in [-0.2, -0.15) is 13.2 Å². The average molecular weight is 346 g/mol. The molecule has 0 saturated heterocycles. The number of hydrogen-bond acceptors (Lipinski definition) is 3. The number of nitrogens with one attached hydrogen (secondary N) is 1. The van der Waals surface area contributed by atoms with Crippen LogP contribution in [0.25, 0.3) is 10.9 Å². The van der Waals surface area contributed by atoms with Gasteiger partial charge in [0.2, 0.25) is 0 Å². The van der Waals surface area contributed by atoms with E-state index >= 15 is 0 Å². The molecule has 0 aliphatic carbocycles. The molecule has 0 fully saturated rings. The predicted octanol–water partition coefficient (Wildman–Crippen LogP) is 4.27. The Balaban J connectivity index is 1.58. The van der Waals surface area contributed by atoms with Crippen molar-refractivity contribution >= 4 is 22.5 Å². The lowest BCUT2D eigenvalue weighted by Gasteiger charge is -2.10. The molecule has 0 atom stereocenters. The number of ether oxygens (including phenoxy) is 1. The first kappa shape index (κ1) is 16.8. The van der Waals surface area contributed by atoms with Crippen molar-refractivity contribution in [3.05, 3.63) is 66.4 Å². The minimum absolute atomic E-state index is 0.184. The van der Waals surface area contributed by atoms with Gasteiger partial charge in [0.1, 0.15) is 5.75 Å². The first-order chi connectivity index (χ1) is 11.9. The molecule has 7 heteroatoms. The molecule has 0 aliphatic heterocycles. The number of carbonyl (C=O) groups excluding carboxylic acids is 1. The minimum Gasteiger partial charge on any atom is -0.484 e. The molecule has 0 saturated carbocycles.